The van der Waals surface area contributed by atoms with Crippen molar-refractivity contribution >= 4 is 11.3 Å². The van der Waals surface area contributed by atoms with Crippen LogP contribution in [0.5, 0.6) is 0 Å². The molecule has 0 bridgehead atoms. The Morgan fingerprint density at radius 3 is 3.00 bits per heavy atom. The number of aryl methyl sites for hydroxylation is 2. The summed E-state index contributed by atoms with van der Waals surface area (Å²) in [5.74, 6) is 0.983. The van der Waals surface area contributed by atoms with Gasteiger partial charge in [-0.3, -0.25) is 0 Å². The van der Waals surface area contributed by atoms with Crippen molar-refractivity contribution in [2.75, 3.05) is 0 Å². The first-order valence-electron chi connectivity index (χ1n) is 6.22. The number of nitrogens with zero attached hydrogens (tertiary/aromatic N) is 4. The molecule has 0 fully saturated rings. The van der Waals surface area contributed by atoms with Gasteiger partial charge in [-0.05, 0) is 20.3 Å². The summed E-state index contributed by atoms with van der Waals surface area (Å²) in [7, 11) is 0. The Bertz CT molecular complexity index is 490. The fourth-order valence-corrected chi connectivity index (χ4v) is 2.55. The van der Waals surface area contributed by atoms with E-state index in [1.165, 1.54) is 0 Å². The minimum Gasteiger partial charge on any atom is -0.301 e. The van der Waals surface area contributed by atoms with Gasteiger partial charge in [-0.25, -0.2) is 14.6 Å². The zero-order chi connectivity index (χ0) is 13.0. The van der Waals surface area contributed by atoms with Crippen LogP contribution in [0.25, 0.3) is 0 Å². The average Bonchev–Trinajstić information content (AvgIpc) is 2.96. The topological polar surface area (TPSA) is 55.6 Å². The summed E-state index contributed by atoms with van der Waals surface area (Å²) in [4.78, 5) is 8.76. The van der Waals surface area contributed by atoms with E-state index < -0.39 is 0 Å². The molecular weight excluding hydrogens is 246 g/mol. The van der Waals surface area contributed by atoms with Gasteiger partial charge in [0, 0.05) is 17.6 Å². The van der Waals surface area contributed by atoms with Crippen LogP contribution in [-0.4, -0.2) is 19.7 Å². The van der Waals surface area contributed by atoms with Gasteiger partial charge in [-0.2, -0.15) is 5.10 Å². The number of aromatic nitrogens is 4. The van der Waals surface area contributed by atoms with Gasteiger partial charge in [-0.15, -0.1) is 11.3 Å². The van der Waals surface area contributed by atoms with Gasteiger partial charge in [-0.1, -0.05) is 6.92 Å². The quantitative estimate of drug-likeness (QED) is 0.870. The molecular formula is C12H19N5S. The molecule has 0 radical (unpaired) electrons. The van der Waals surface area contributed by atoms with Crippen LogP contribution < -0.4 is 5.32 Å². The molecule has 6 heteroatoms. The van der Waals surface area contributed by atoms with Crippen molar-refractivity contribution in [1.29, 1.82) is 0 Å². The summed E-state index contributed by atoms with van der Waals surface area (Å²) in [6.07, 6.45) is 2.68. The van der Waals surface area contributed by atoms with Crippen molar-refractivity contribution in [3.8, 4) is 0 Å². The molecule has 0 amide bonds. The second-order valence-electron chi connectivity index (χ2n) is 4.33. The van der Waals surface area contributed by atoms with Crippen molar-refractivity contribution in [1.82, 2.24) is 25.1 Å². The van der Waals surface area contributed by atoms with Crippen molar-refractivity contribution in [2.24, 2.45) is 0 Å². The monoisotopic (exact) mass is 265 g/mol. The van der Waals surface area contributed by atoms with Crippen LogP contribution in [0.2, 0.25) is 0 Å². The summed E-state index contributed by atoms with van der Waals surface area (Å²) in [6.45, 7) is 7.92. The number of rotatable bonds is 6. The largest absolute Gasteiger partial charge is 0.301 e. The van der Waals surface area contributed by atoms with Crippen LogP contribution in [0.1, 0.15) is 42.8 Å². The molecule has 0 spiro atoms. The maximum atomic E-state index is 4.48. The highest BCUT2D eigenvalue weighted by molar-refractivity contribution is 7.09. The third-order valence-corrected chi connectivity index (χ3v) is 3.85. The summed E-state index contributed by atoms with van der Waals surface area (Å²) in [5, 5.41) is 10.8. The lowest BCUT2D eigenvalue weighted by molar-refractivity contribution is 0.508. The molecule has 98 valence electrons. The lowest BCUT2D eigenvalue weighted by Crippen LogP contribution is -2.21. The SMILES string of the molecule is CCCn1ncnc1CNC(C)c1nc(C)cs1. The van der Waals surface area contributed by atoms with Crippen molar-refractivity contribution in [2.45, 2.75) is 46.3 Å². The van der Waals surface area contributed by atoms with Crippen LogP contribution in [0, 0.1) is 6.92 Å². The van der Waals surface area contributed by atoms with E-state index in [9.17, 15) is 0 Å². The van der Waals surface area contributed by atoms with Gasteiger partial charge >= 0.3 is 0 Å². The highest BCUT2D eigenvalue weighted by Crippen LogP contribution is 2.17. The fraction of sp³-hybridized carbons (Fsp3) is 0.583. The van der Waals surface area contributed by atoms with Gasteiger partial charge in [0.15, 0.2) is 0 Å². The second-order valence-corrected chi connectivity index (χ2v) is 5.22. The Labute approximate surface area is 111 Å². The van der Waals surface area contributed by atoms with Crippen molar-refractivity contribution in [3.05, 3.63) is 28.2 Å². The second kappa shape index (κ2) is 6.06. The fourth-order valence-electron chi connectivity index (χ4n) is 1.73. The van der Waals surface area contributed by atoms with Crippen LogP contribution in [0.15, 0.2) is 11.7 Å². The van der Waals surface area contributed by atoms with Crippen LogP contribution in [-0.2, 0) is 13.1 Å². The first kappa shape index (κ1) is 13.2. The normalized spacial score (nSPS) is 12.8. The highest BCUT2D eigenvalue weighted by atomic mass is 32.1. The zero-order valence-corrected chi connectivity index (χ0v) is 11.9. The molecule has 0 saturated heterocycles. The Morgan fingerprint density at radius 2 is 2.33 bits per heavy atom. The van der Waals surface area contributed by atoms with Crippen LogP contribution >= 0.6 is 11.3 Å². The van der Waals surface area contributed by atoms with E-state index in [1.54, 1.807) is 17.7 Å². The van der Waals surface area contributed by atoms with E-state index in [4.69, 9.17) is 0 Å². The van der Waals surface area contributed by atoms with Crippen molar-refractivity contribution < 1.29 is 0 Å². The minimum absolute atomic E-state index is 0.246. The molecule has 0 aliphatic carbocycles. The Hall–Kier alpha value is -1.27. The van der Waals surface area contributed by atoms with Gasteiger partial charge in [0.2, 0.25) is 0 Å². The van der Waals surface area contributed by atoms with Crippen LogP contribution in [0.3, 0.4) is 0 Å². The lowest BCUT2D eigenvalue weighted by atomic mass is 10.3. The maximum absolute atomic E-state index is 4.48. The van der Waals surface area contributed by atoms with Gasteiger partial charge < -0.3 is 5.32 Å². The van der Waals surface area contributed by atoms with Crippen LogP contribution in [0.4, 0.5) is 0 Å². The molecule has 1 atom stereocenters. The summed E-state index contributed by atoms with van der Waals surface area (Å²) in [5.41, 5.74) is 1.08. The summed E-state index contributed by atoms with van der Waals surface area (Å²) in [6, 6.07) is 0.246. The maximum Gasteiger partial charge on any atom is 0.140 e. The zero-order valence-electron chi connectivity index (χ0n) is 11.1. The minimum atomic E-state index is 0.246. The molecule has 1 unspecified atom stereocenters. The predicted octanol–water partition coefficient (Wildman–Crippen LogP) is 2.30. The van der Waals surface area contributed by atoms with Gasteiger partial charge in [0.1, 0.15) is 17.2 Å². The standard InChI is InChI=1S/C12H19N5S/c1-4-5-17-11(14-8-15-17)6-13-10(3)12-16-9(2)7-18-12/h7-8,10,13H,4-6H2,1-3H3. The molecule has 18 heavy (non-hydrogen) atoms. The molecule has 0 saturated carbocycles. The van der Waals surface area contributed by atoms with Gasteiger partial charge in [0.25, 0.3) is 0 Å². The van der Waals surface area contributed by atoms with Crippen molar-refractivity contribution in [3.63, 3.8) is 0 Å². The lowest BCUT2D eigenvalue weighted by Gasteiger charge is -2.11. The summed E-state index contributed by atoms with van der Waals surface area (Å²) < 4.78 is 1.95. The van der Waals surface area contributed by atoms with E-state index in [1.807, 2.05) is 11.6 Å². The van der Waals surface area contributed by atoms with E-state index in [0.717, 1.165) is 36.0 Å². The third-order valence-electron chi connectivity index (χ3n) is 2.70. The number of thiazole rings is 1. The molecule has 0 aliphatic heterocycles. The molecule has 0 aromatic carbocycles. The average molecular weight is 265 g/mol. The Balaban J connectivity index is 1.92. The van der Waals surface area contributed by atoms with E-state index in [-0.39, 0.29) is 6.04 Å². The smallest absolute Gasteiger partial charge is 0.140 e. The molecule has 2 aromatic rings. The highest BCUT2D eigenvalue weighted by Gasteiger charge is 2.10. The predicted molar refractivity (Wildman–Crippen MR) is 72.4 cm³/mol. The summed E-state index contributed by atoms with van der Waals surface area (Å²) >= 11 is 1.69. The molecule has 0 aliphatic rings. The molecule has 2 aromatic heterocycles. The number of hydrogen-bond acceptors (Lipinski definition) is 5. The van der Waals surface area contributed by atoms with E-state index in [2.05, 4.69) is 39.6 Å². The molecule has 2 heterocycles. The third kappa shape index (κ3) is 3.14. The molecule has 1 N–H and O–H groups in total. The number of hydrogen-bond donors (Lipinski definition) is 1. The Morgan fingerprint density at radius 1 is 1.50 bits per heavy atom. The molecule has 5 nitrogen and oxygen atoms in total. The first-order chi connectivity index (χ1) is 8.70. The van der Waals surface area contributed by atoms with E-state index >= 15 is 0 Å². The molecule has 2 rings (SSSR count). The van der Waals surface area contributed by atoms with E-state index in [0.29, 0.717) is 0 Å². The first-order valence-corrected chi connectivity index (χ1v) is 7.10. The Kier molecular flexibility index (Phi) is 4.43. The van der Waals surface area contributed by atoms with Gasteiger partial charge in [0.05, 0.1) is 12.6 Å². The number of nitrogens with one attached hydrogen (secondary N) is 1.